The first-order valence-corrected chi connectivity index (χ1v) is 11.9. The van der Waals surface area contributed by atoms with Gasteiger partial charge >= 0.3 is 0 Å². The van der Waals surface area contributed by atoms with Crippen molar-refractivity contribution in [2.24, 2.45) is 0 Å². The number of thiazole rings is 1. The fourth-order valence-corrected chi connectivity index (χ4v) is 3.94. The van der Waals surface area contributed by atoms with Gasteiger partial charge in [0.2, 0.25) is 5.91 Å². The number of rotatable bonds is 9. The normalized spacial score (nSPS) is 10.5. The van der Waals surface area contributed by atoms with E-state index in [-0.39, 0.29) is 18.4 Å². The number of nitrogens with one attached hydrogen (secondary N) is 2. The molecule has 0 atom stereocenters. The molecule has 0 aliphatic carbocycles. The Morgan fingerprint density at radius 2 is 1.71 bits per heavy atom. The molecule has 4 aromatic rings. The predicted molar refractivity (Wildman–Crippen MR) is 138 cm³/mol. The number of anilines is 2. The second-order valence-electron chi connectivity index (χ2n) is 7.78. The lowest BCUT2D eigenvalue weighted by atomic mass is 10.1. The number of aryl methyl sites for hydroxylation is 1. The Labute approximate surface area is 207 Å². The summed E-state index contributed by atoms with van der Waals surface area (Å²) in [5, 5.41) is 8.46. The van der Waals surface area contributed by atoms with Crippen LogP contribution < -0.4 is 20.1 Å². The molecule has 7 nitrogen and oxygen atoms in total. The smallest absolute Gasteiger partial charge is 0.262 e. The van der Waals surface area contributed by atoms with Gasteiger partial charge in [-0.2, -0.15) is 0 Å². The number of carbonyl (C=O) groups excluding carboxylic acids is 2. The molecule has 4 rings (SSSR count). The second kappa shape index (κ2) is 11.3. The zero-order valence-electron chi connectivity index (χ0n) is 19.4. The van der Waals surface area contributed by atoms with E-state index < -0.39 is 0 Å². The van der Waals surface area contributed by atoms with Gasteiger partial charge in [0, 0.05) is 23.6 Å². The van der Waals surface area contributed by atoms with Crippen LogP contribution in [-0.2, 0) is 16.2 Å². The summed E-state index contributed by atoms with van der Waals surface area (Å²) in [4.78, 5) is 28.6. The highest BCUT2D eigenvalue weighted by Gasteiger charge is 2.12. The van der Waals surface area contributed by atoms with E-state index in [1.807, 2.05) is 48.7 Å². The maximum absolute atomic E-state index is 12.4. The van der Waals surface area contributed by atoms with Crippen molar-refractivity contribution in [2.45, 2.75) is 20.5 Å². The van der Waals surface area contributed by atoms with E-state index in [4.69, 9.17) is 9.47 Å². The summed E-state index contributed by atoms with van der Waals surface area (Å²) in [6.45, 7) is 3.61. The van der Waals surface area contributed by atoms with Crippen molar-refractivity contribution in [3.8, 4) is 22.8 Å². The zero-order valence-corrected chi connectivity index (χ0v) is 20.2. The Bertz CT molecular complexity index is 1300. The average molecular weight is 488 g/mol. The number of benzene rings is 3. The van der Waals surface area contributed by atoms with Gasteiger partial charge in [-0.3, -0.25) is 9.59 Å². The van der Waals surface area contributed by atoms with Crippen molar-refractivity contribution < 1.29 is 19.1 Å². The van der Waals surface area contributed by atoms with Gasteiger partial charge in [0.1, 0.15) is 18.1 Å². The highest BCUT2D eigenvalue weighted by Crippen LogP contribution is 2.31. The van der Waals surface area contributed by atoms with Crippen LogP contribution in [0.25, 0.3) is 11.3 Å². The van der Waals surface area contributed by atoms with Gasteiger partial charge in [-0.15, -0.1) is 11.3 Å². The number of aromatic nitrogens is 1. The van der Waals surface area contributed by atoms with E-state index in [1.54, 1.807) is 47.7 Å². The standard InChI is InChI=1S/C27H25N3O4S/c1-18(31)28-24-14-21(25-17-35-19(2)29-25)8-13-26(24)34-16-27(32)30-22-9-11-23(12-10-22)33-15-20-6-4-3-5-7-20/h3-14,17H,15-16H2,1-2H3,(H,28,31)(H,30,32). The summed E-state index contributed by atoms with van der Waals surface area (Å²) in [6.07, 6.45) is 0. The van der Waals surface area contributed by atoms with Gasteiger partial charge in [-0.25, -0.2) is 4.98 Å². The first-order valence-electron chi connectivity index (χ1n) is 11.0. The van der Waals surface area contributed by atoms with E-state index in [9.17, 15) is 9.59 Å². The molecule has 0 fully saturated rings. The molecule has 0 saturated carbocycles. The number of hydrogen-bond donors (Lipinski definition) is 2. The predicted octanol–water partition coefficient (Wildman–Crippen LogP) is 5.67. The van der Waals surface area contributed by atoms with E-state index in [0.29, 0.717) is 29.5 Å². The molecular formula is C27H25N3O4S. The minimum atomic E-state index is -0.323. The summed E-state index contributed by atoms with van der Waals surface area (Å²) >= 11 is 1.55. The summed E-state index contributed by atoms with van der Waals surface area (Å²) in [5.41, 5.74) is 3.86. The van der Waals surface area contributed by atoms with Gasteiger partial charge in [0.15, 0.2) is 6.61 Å². The molecule has 35 heavy (non-hydrogen) atoms. The van der Waals surface area contributed by atoms with Crippen molar-refractivity contribution in [2.75, 3.05) is 17.2 Å². The average Bonchev–Trinajstić information content (AvgIpc) is 3.29. The fourth-order valence-electron chi connectivity index (χ4n) is 3.31. The number of ether oxygens (including phenoxy) is 2. The maximum Gasteiger partial charge on any atom is 0.262 e. The Hall–Kier alpha value is -4.17. The van der Waals surface area contributed by atoms with Crippen LogP contribution in [0.5, 0.6) is 11.5 Å². The zero-order chi connectivity index (χ0) is 24.6. The lowest BCUT2D eigenvalue weighted by Crippen LogP contribution is -2.20. The molecule has 0 saturated heterocycles. The van der Waals surface area contributed by atoms with Crippen LogP contribution in [0.3, 0.4) is 0 Å². The molecule has 2 N–H and O–H groups in total. The quantitative estimate of drug-likeness (QED) is 0.317. The molecule has 8 heteroatoms. The Morgan fingerprint density at radius 3 is 2.40 bits per heavy atom. The highest BCUT2D eigenvalue weighted by molar-refractivity contribution is 7.09. The van der Waals surface area contributed by atoms with E-state index in [1.165, 1.54) is 6.92 Å². The van der Waals surface area contributed by atoms with Gasteiger partial charge in [0.05, 0.1) is 16.4 Å². The van der Waals surface area contributed by atoms with Crippen LogP contribution in [0.15, 0.2) is 78.2 Å². The van der Waals surface area contributed by atoms with Crippen LogP contribution in [0, 0.1) is 6.92 Å². The van der Waals surface area contributed by atoms with Crippen molar-refractivity contribution in [1.29, 1.82) is 0 Å². The minimum absolute atomic E-state index is 0.214. The monoisotopic (exact) mass is 487 g/mol. The third kappa shape index (κ3) is 6.91. The topological polar surface area (TPSA) is 89.5 Å². The van der Waals surface area contributed by atoms with Crippen LogP contribution >= 0.6 is 11.3 Å². The van der Waals surface area contributed by atoms with E-state index in [0.717, 1.165) is 21.8 Å². The highest BCUT2D eigenvalue weighted by atomic mass is 32.1. The molecule has 0 unspecified atom stereocenters. The molecule has 0 aliphatic rings. The number of carbonyl (C=O) groups is 2. The largest absolute Gasteiger partial charge is 0.489 e. The van der Waals surface area contributed by atoms with Crippen LogP contribution in [0.1, 0.15) is 17.5 Å². The van der Waals surface area contributed by atoms with Gasteiger partial charge in [-0.1, -0.05) is 30.3 Å². The molecule has 2 amide bonds. The van der Waals surface area contributed by atoms with Crippen molar-refractivity contribution in [1.82, 2.24) is 4.98 Å². The summed E-state index contributed by atoms with van der Waals surface area (Å²) < 4.78 is 11.5. The Balaban J connectivity index is 1.34. The van der Waals surface area contributed by atoms with Gasteiger partial charge < -0.3 is 20.1 Å². The van der Waals surface area contributed by atoms with Gasteiger partial charge in [0.25, 0.3) is 5.91 Å². The molecule has 0 bridgehead atoms. The summed E-state index contributed by atoms with van der Waals surface area (Å²) in [5.74, 6) is 0.547. The number of amides is 2. The third-order valence-corrected chi connectivity index (χ3v) is 5.72. The summed E-state index contributed by atoms with van der Waals surface area (Å²) in [6, 6.07) is 22.4. The molecule has 0 spiro atoms. The van der Waals surface area contributed by atoms with E-state index in [2.05, 4.69) is 15.6 Å². The molecule has 1 heterocycles. The number of hydrogen-bond acceptors (Lipinski definition) is 6. The van der Waals surface area contributed by atoms with Crippen LogP contribution in [-0.4, -0.2) is 23.4 Å². The Morgan fingerprint density at radius 1 is 0.943 bits per heavy atom. The van der Waals surface area contributed by atoms with Crippen molar-refractivity contribution in [3.05, 3.63) is 88.7 Å². The summed E-state index contributed by atoms with van der Waals surface area (Å²) in [7, 11) is 0. The van der Waals surface area contributed by atoms with Crippen LogP contribution in [0.2, 0.25) is 0 Å². The molecule has 3 aromatic carbocycles. The van der Waals surface area contributed by atoms with Crippen molar-refractivity contribution in [3.63, 3.8) is 0 Å². The minimum Gasteiger partial charge on any atom is -0.489 e. The first kappa shape index (κ1) is 24.0. The SMILES string of the molecule is CC(=O)Nc1cc(-c2csc(C)n2)ccc1OCC(=O)Nc1ccc(OCc2ccccc2)cc1. The molecule has 0 aliphatic heterocycles. The fraction of sp³-hybridized carbons (Fsp3) is 0.148. The molecule has 1 aromatic heterocycles. The van der Waals surface area contributed by atoms with Gasteiger partial charge in [-0.05, 0) is 55.0 Å². The third-order valence-electron chi connectivity index (χ3n) is 4.95. The lowest BCUT2D eigenvalue weighted by molar-refractivity contribution is -0.118. The van der Waals surface area contributed by atoms with Crippen molar-refractivity contribution >= 4 is 34.5 Å². The van der Waals surface area contributed by atoms with E-state index >= 15 is 0 Å². The first-order chi connectivity index (χ1) is 17.0. The molecule has 178 valence electrons. The second-order valence-corrected chi connectivity index (χ2v) is 8.84. The maximum atomic E-state index is 12.4. The molecule has 0 radical (unpaired) electrons. The number of nitrogens with zero attached hydrogens (tertiary/aromatic N) is 1. The lowest BCUT2D eigenvalue weighted by Gasteiger charge is -2.13. The Kier molecular flexibility index (Phi) is 7.74. The molecular weight excluding hydrogens is 462 g/mol. The van der Waals surface area contributed by atoms with Crippen LogP contribution in [0.4, 0.5) is 11.4 Å².